The summed E-state index contributed by atoms with van der Waals surface area (Å²) in [5.41, 5.74) is 3.27. The van der Waals surface area contributed by atoms with Gasteiger partial charge in [0.25, 0.3) is 0 Å². The fraction of sp³-hybridized carbons (Fsp3) is 0.417. The number of unbranched alkanes of at least 4 members (excludes halogenated alkanes) is 1. The Morgan fingerprint density at radius 1 is 1.03 bits per heavy atom. The molecule has 6 nitrogen and oxygen atoms in total. The molecule has 0 unspecified atom stereocenters. The lowest BCUT2D eigenvalue weighted by Gasteiger charge is -2.35. The Morgan fingerprint density at radius 2 is 1.81 bits per heavy atom. The van der Waals surface area contributed by atoms with Gasteiger partial charge in [-0.3, -0.25) is 9.98 Å². The smallest absolute Gasteiger partial charge is 0.203 e. The van der Waals surface area contributed by atoms with Crippen molar-refractivity contribution in [1.82, 2.24) is 4.90 Å². The van der Waals surface area contributed by atoms with Crippen molar-refractivity contribution in [3.63, 3.8) is 0 Å². The number of ether oxygens (including phenoxy) is 3. The largest absolute Gasteiger partial charge is 0.493 e. The van der Waals surface area contributed by atoms with E-state index in [2.05, 4.69) is 30.0 Å². The van der Waals surface area contributed by atoms with Crippen LogP contribution in [0.1, 0.15) is 31.7 Å². The Kier molecular flexibility index (Phi) is 6.70. The second kappa shape index (κ2) is 9.64. The highest BCUT2D eigenvalue weighted by Crippen LogP contribution is 2.43. The van der Waals surface area contributed by atoms with Gasteiger partial charge in [-0.2, -0.15) is 0 Å². The molecule has 0 aliphatic carbocycles. The number of rotatable bonds is 7. The van der Waals surface area contributed by atoms with E-state index >= 15 is 0 Å². The van der Waals surface area contributed by atoms with Gasteiger partial charge < -0.3 is 19.1 Å². The number of methoxy groups -OCH3 is 3. The van der Waals surface area contributed by atoms with Gasteiger partial charge in [-0.1, -0.05) is 31.2 Å². The van der Waals surface area contributed by atoms with Crippen molar-refractivity contribution in [3.05, 3.63) is 35.9 Å². The number of amidine groups is 2. The minimum atomic E-state index is 0.596. The lowest BCUT2D eigenvalue weighted by atomic mass is 10.0. The van der Waals surface area contributed by atoms with E-state index in [1.165, 1.54) is 10.5 Å². The van der Waals surface area contributed by atoms with Crippen LogP contribution in [0.4, 0.5) is 0 Å². The second-order valence-corrected chi connectivity index (χ2v) is 8.46. The molecule has 2 aromatic carbocycles. The van der Waals surface area contributed by atoms with Crippen molar-refractivity contribution in [2.45, 2.75) is 31.1 Å². The summed E-state index contributed by atoms with van der Waals surface area (Å²) in [7, 11) is 4.89. The predicted octanol–water partition coefficient (Wildman–Crippen LogP) is 5.09. The van der Waals surface area contributed by atoms with Crippen molar-refractivity contribution >= 4 is 22.8 Å². The van der Waals surface area contributed by atoms with E-state index in [1.54, 1.807) is 33.1 Å². The van der Waals surface area contributed by atoms with Crippen LogP contribution in [0.3, 0.4) is 0 Å². The van der Waals surface area contributed by atoms with Crippen molar-refractivity contribution in [2.24, 2.45) is 9.98 Å². The van der Waals surface area contributed by atoms with E-state index in [-0.39, 0.29) is 0 Å². The lowest BCUT2D eigenvalue weighted by Crippen LogP contribution is -2.42. The molecule has 164 valence electrons. The minimum absolute atomic E-state index is 0.596. The van der Waals surface area contributed by atoms with Crippen molar-refractivity contribution in [1.29, 1.82) is 0 Å². The highest BCUT2D eigenvalue weighted by atomic mass is 32.2. The molecule has 0 aromatic heterocycles. The number of fused-ring (bicyclic) bond motifs is 3. The Morgan fingerprint density at radius 3 is 2.48 bits per heavy atom. The van der Waals surface area contributed by atoms with E-state index in [1.807, 2.05) is 12.1 Å². The molecule has 2 aliphatic rings. The van der Waals surface area contributed by atoms with Gasteiger partial charge in [0.1, 0.15) is 5.84 Å². The van der Waals surface area contributed by atoms with Crippen LogP contribution in [-0.4, -0.2) is 56.9 Å². The summed E-state index contributed by atoms with van der Waals surface area (Å²) in [6, 6.07) is 10.5. The standard InChI is InChI=1S/C24H29N3O3S/c1-5-6-10-26-24-27-12-7-11-25-23(27)18-9-8-16(15-21(18)31-24)17-13-19(28-2)22(30-4)20(14-17)29-3/h8-9,13-15H,5-7,10-12H2,1-4H3. The molecule has 2 aromatic rings. The number of hydrogen-bond acceptors (Lipinski definition) is 6. The molecule has 0 N–H and O–H groups in total. The summed E-state index contributed by atoms with van der Waals surface area (Å²) < 4.78 is 16.6. The SMILES string of the molecule is CCCCN=C1Sc2cc(-c3cc(OC)c(OC)c(OC)c3)ccc2C2=NCCCN12. The predicted molar refractivity (Wildman–Crippen MR) is 127 cm³/mol. The molecule has 0 amide bonds. The number of benzene rings is 2. The van der Waals surface area contributed by atoms with Crippen LogP contribution in [-0.2, 0) is 0 Å². The molecule has 31 heavy (non-hydrogen) atoms. The molecule has 0 saturated heterocycles. The maximum Gasteiger partial charge on any atom is 0.203 e. The zero-order valence-corrected chi connectivity index (χ0v) is 19.4. The number of hydrogen-bond donors (Lipinski definition) is 0. The first kappa shape index (κ1) is 21.6. The Balaban J connectivity index is 1.76. The van der Waals surface area contributed by atoms with Gasteiger partial charge >= 0.3 is 0 Å². The summed E-state index contributed by atoms with van der Waals surface area (Å²) in [5, 5.41) is 1.06. The first-order valence-corrected chi connectivity index (χ1v) is 11.5. The molecule has 0 spiro atoms. The normalized spacial score (nSPS) is 16.5. The monoisotopic (exact) mass is 439 g/mol. The fourth-order valence-corrected chi connectivity index (χ4v) is 4.94. The average molecular weight is 440 g/mol. The molecule has 7 heteroatoms. The molecule has 0 atom stereocenters. The molecular formula is C24H29N3O3S. The van der Waals surface area contributed by atoms with Crippen LogP contribution in [0.2, 0.25) is 0 Å². The maximum absolute atomic E-state index is 5.54. The molecule has 2 heterocycles. The molecular weight excluding hydrogens is 410 g/mol. The molecule has 0 saturated carbocycles. The van der Waals surface area contributed by atoms with E-state index in [4.69, 9.17) is 24.2 Å². The van der Waals surface area contributed by atoms with E-state index in [0.29, 0.717) is 17.2 Å². The van der Waals surface area contributed by atoms with Crippen molar-refractivity contribution < 1.29 is 14.2 Å². The van der Waals surface area contributed by atoms with E-state index in [0.717, 1.165) is 61.0 Å². The molecule has 0 fully saturated rings. The molecule has 0 bridgehead atoms. The molecule has 4 rings (SSSR count). The third-order valence-electron chi connectivity index (χ3n) is 5.47. The van der Waals surface area contributed by atoms with Crippen LogP contribution >= 0.6 is 11.8 Å². The van der Waals surface area contributed by atoms with Gasteiger partial charge in [0.15, 0.2) is 16.7 Å². The highest BCUT2D eigenvalue weighted by Gasteiger charge is 2.30. The van der Waals surface area contributed by atoms with E-state index in [9.17, 15) is 0 Å². The van der Waals surface area contributed by atoms with Crippen LogP contribution in [0, 0.1) is 0 Å². The van der Waals surface area contributed by atoms with Crippen LogP contribution in [0.25, 0.3) is 11.1 Å². The summed E-state index contributed by atoms with van der Waals surface area (Å²) in [6.45, 7) is 4.89. The number of nitrogens with zero attached hydrogens (tertiary/aromatic N) is 3. The Hall–Kier alpha value is -2.67. The maximum atomic E-state index is 5.54. The van der Waals surface area contributed by atoms with Gasteiger partial charge in [0.05, 0.1) is 21.3 Å². The third kappa shape index (κ3) is 4.24. The summed E-state index contributed by atoms with van der Waals surface area (Å²) in [6.07, 6.45) is 3.31. The number of thioether (sulfide) groups is 1. The highest BCUT2D eigenvalue weighted by molar-refractivity contribution is 8.14. The summed E-state index contributed by atoms with van der Waals surface area (Å²) in [4.78, 5) is 13.2. The van der Waals surface area contributed by atoms with Crippen molar-refractivity contribution in [3.8, 4) is 28.4 Å². The van der Waals surface area contributed by atoms with Gasteiger partial charge in [0.2, 0.25) is 5.75 Å². The third-order valence-corrected chi connectivity index (χ3v) is 6.56. The quantitative estimate of drug-likeness (QED) is 0.562. The van der Waals surface area contributed by atoms with Crippen molar-refractivity contribution in [2.75, 3.05) is 41.0 Å². The van der Waals surface area contributed by atoms with Gasteiger partial charge in [-0.25, -0.2) is 0 Å². The number of aliphatic imine (C=N–C) groups is 2. The van der Waals surface area contributed by atoms with Crippen LogP contribution < -0.4 is 14.2 Å². The van der Waals surface area contributed by atoms with Crippen LogP contribution in [0.15, 0.2) is 45.2 Å². The topological polar surface area (TPSA) is 55.6 Å². The average Bonchev–Trinajstić information content (AvgIpc) is 2.82. The van der Waals surface area contributed by atoms with Gasteiger partial charge in [-0.15, -0.1) is 0 Å². The minimum Gasteiger partial charge on any atom is -0.493 e. The Labute approximate surface area is 188 Å². The van der Waals surface area contributed by atoms with Crippen LogP contribution in [0.5, 0.6) is 17.2 Å². The van der Waals surface area contributed by atoms with E-state index < -0.39 is 0 Å². The zero-order chi connectivity index (χ0) is 21.8. The Bertz CT molecular complexity index is 994. The van der Waals surface area contributed by atoms with Gasteiger partial charge in [-0.05, 0) is 48.2 Å². The molecule has 0 radical (unpaired) electrons. The first-order chi connectivity index (χ1) is 15.2. The summed E-state index contributed by atoms with van der Waals surface area (Å²) in [5.74, 6) is 2.93. The lowest BCUT2D eigenvalue weighted by molar-refractivity contribution is 0.324. The molecule has 2 aliphatic heterocycles. The fourth-order valence-electron chi connectivity index (χ4n) is 3.84. The van der Waals surface area contributed by atoms with Gasteiger partial charge in [0, 0.05) is 30.1 Å². The zero-order valence-electron chi connectivity index (χ0n) is 18.6. The summed E-state index contributed by atoms with van der Waals surface area (Å²) >= 11 is 1.74. The second-order valence-electron chi connectivity index (χ2n) is 7.46. The first-order valence-electron chi connectivity index (χ1n) is 10.7.